The van der Waals surface area contributed by atoms with E-state index in [2.05, 4.69) is 75.4 Å². The van der Waals surface area contributed by atoms with Crippen LogP contribution in [0.4, 0.5) is 0 Å². The van der Waals surface area contributed by atoms with Crippen LogP contribution in [0.5, 0.6) is 0 Å². The second-order valence-electron chi connectivity index (χ2n) is 7.91. The zero-order chi connectivity index (χ0) is 20.6. The highest BCUT2D eigenvalue weighted by Crippen LogP contribution is 2.60. The first-order valence-electron chi connectivity index (χ1n) is 10.7. The van der Waals surface area contributed by atoms with Crippen LogP contribution in [0.2, 0.25) is 0 Å². The molecule has 2 aliphatic heterocycles. The lowest BCUT2D eigenvalue weighted by Gasteiger charge is -2.42. The van der Waals surface area contributed by atoms with E-state index in [1.165, 1.54) is 27.6 Å². The normalized spacial score (nSPS) is 19.4. The van der Waals surface area contributed by atoms with E-state index in [0.717, 1.165) is 52.6 Å². The van der Waals surface area contributed by atoms with Crippen LogP contribution < -0.4 is 10.8 Å². The number of nitrogens with two attached hydrogens (primary N) is 1. The number of ether oxygens (including phenoxy) is 2. The number of fused-ring (bicyclic) bond motifs is 1. The van der Waals surface area contributed by atoms with Gasteiger partial charge in [0.05, 0.1) is 63.7 Å². The molecule has 1 aromatic carbocycles. The summed E-state index contributed by atoms with van der Waals surface area (Å²) in [6, 6.07) is 17.1. The van der Waals surface area contributed by atoms with Crippen LogP contribution >= 0.6 is 7.71 Å². The van der Waals surface area contributed by atoms with Gasteiger partial charge in [0, 0.05) is 11.9 Å². The van der Waals surface area contributed by atoms with Gasteiger partial charge in [-0.2, -0.15) is 5.50 Å². The standard InChI is InChI=1S/C23H30N4O2P/c1-19-22(20-7-3-2-4-8-20)23(21-9-5-6-10-27(19)21)30(24,25-11-15-28-16-12-25)26-13-17-29-18-14-26/h2-10H,11-18,24H2,1H3/q+1. The molecule has 4 heterocycles. The van der Waals surface area contributed by atoms with Gasteiger partial charge in [-0.05, 0) is 24.6 Å². The minimum absolute atomic E-state index is 0.731. The van der Waals surface area contributed by atoms with Gasteiger partial charge in [-0.15, -0.1) is 9.34 Å². The van der Waals surface area contributed by atoms with Crippen LogP contribution in [0, 0.1) is 6.92 Å². The fraction of sp³-hybridized carbons (Fsp3) is 0.391. The van der Waals surface area contributed by atoms with Crippen LogP contribution in [0.3, 0.4) is 0 Å². The van der Waals surface area contributed by atoms with Crippen LogP contribution in [-0.2, 0) is 9.47 Å². The molecule has 0 spiro atoms. The van der Waals surface area contributed by atoms with E-state index in [9.17, 15) is 0 Å². The monoisotopic (exact) mass is 425 g/mol. The molecule has 5 rings (SSSR count). The summed E-state index contributed by atoms with van der Waals surface area (Å²) in [6.45, 7) is 8.57. The second kappa shape index (κ2) is 8.39. The number of hydrogen-bond acceptors (Lipinski definition) is 5. The first kappa shape index (κ1) is 20.1. The third kappa shape index (κ3) is 3.28. The lowest BCUT2D eigenvalue weighted by Crippen LogP contribution is -2.52. The molecule has 0 aliphatic carbocycles. The van der Waals surface area contributed by atoms with E-state index in [-0.39, 0.29) is 0 Å². The zero-order valence-corrected chi connectivity index (χ0v) is 18.4. The Morgan fingerprint density at radius 1 is 0.800 bits per heavy atom. The molecule has 2 saturated heterocycles. The number of pyridine rings is 1. The van der Waals surface area contributed by atoms with Gasteiger partial charge in [0.25, 0.3) is 7.71 Å². The summed E-state index contributed by atoms with van der Waals surface area (Å²) in [4.78, 5) is 0. The molecule has 2 fully saturated rings. The maximum Gasteiger partial charge on any atom is 0.260 e. The number of aryl methyl sites for hydroxylation is 1. The number of morpholine rings is 2. The number of rotatable bonds is 4. The van der Waals surface area contributed by atoms with Crippen LogP contribution in [0.1, 0.15) is 5.69 Å². The zero-order valence-electron chi connectivity index (χ0n) is 17.5. The van der Waals surface area contributed by atoms with E-state index >= 15 is 0 Å². The second-order valence-corrected chi connectivity index (χ2v) is 10.8. The molecule has 0 atom stereocenters. The maximum absolute atomic E-state index is 7.62. The van der Waals surface area contributed by atoms with Crippen LogP contribution in [-0.4, -0.2) is 66.3 Å². The Bertz CT molecular complexity index is 993. The lowest BCUT2D eigenvalue weighted by molar-refractivity contribution is 0.0564. The van der Waals surface area contributed by atoms with E-state index in [0.29, 0.717) is 0 Å². The largest absolute Gasteiger partial charge is 0.378 e. The highest BCUT2D eigenvalue weighted by Gasteiger charge is 2.54. The average Bonchev–Trinajstić information content (AvgIpc) is 3.13. The highest BCUT2D eigenvalue weighted by atomic mass is 31.2. The van der Waals surface area contributed by atoms with Crippen molar-refractivity contribution in [3.05, 3.63) is 60.4 Å². The third-order valence-electron chi connectivity index (χ3n) is 6.29. The maximum atomic E-state index is 7.62. The quantitative estimate of drug-likeness (QED) is 0.652. The van der Waals surface area contributed by atoms with E-state index in [1.54, 1.807) is 0 Å². The van der Waals surface area contributed by atoms with E-state index < -0.39 is 7.71 Å². The molecule has 2 N–H and O–H groups in total. The molecule has 0 unspecified atom stereocenters. The van der Waals surface area contributed by atoms with Gasteiger partial charge in [0.1, 0.15) is 0 Å². The van der Waals surface area contributed by atoms with Crippen molar-refractivity contribution in [2.45, 2.75) is 6.92 Å². The van der Waals surface area contributed by atoms with E-state index in [1.807, 2.05) is 0 Å². The molecule has 6 nitrogen and oxygen atoms in total. The van der Waals surface area contributed by atoms with Gasteiger partial charge in [0.15, 0.2) is 5.30 Å². The molecule has 0 radical (unpaired) electrons. The summed E-state index contributed by atoms with van der Waals surface area (Å²) in [5.41, 5.74) is 12.6. The minimum atomic E-state index is -2.31. The van der Waals surface area contributed by atoms with Crippen molar-refractivity contribution in [1.29, 1.82) is 0 Å². The molecule has 158 valence electrons. The predicted octanol–water partition coefficient (Wildman–Crippen LogP) is 2.93. The number of hydrogen-bond donors (Lipinski definition) is 1. The molecule has 2 aliphatic rings. The van der Waals surface area contributed by atoms with Crippen LogP contribution in [0.15, 0.2) is 54.7 Å². The van der Waals surface area contributed by atoms with E-state index in [4.69, 9.17) is 15.0 Å². The van der Waals surface area contributed by atoms with Gasteiger partial charge in [-0.1, -0.05) is 36.4 Å². The van der Waals surface area contributed by atoms with Crippen molar-refractivity contribution in [2.24, 2.45) is 5.50 Å². The Labute approximate surface area is 178 Å². The molecule has 0 amide bonds. The molecular weight excluding hydrogens is 395 g/mol. The van der Waals surface area contributed by atoms with Crippen molar-refractivity contribution in [1.82, 2.24) is 13.7 Å². The summed E-state index contributed by atoms with van der Waals surface area (Å²) in [7, 11) is -2.31. The summed E-state index contributed by atoms with van der Waals surface area (Å²) < 4.78 is 18.7. The van der Waals surface area contributed by atoms with Crippen molar-refractivity contribution in [2.75, 3.05) is 52.6 Å². The van der Waals surface area contributed by atoms with Gasteiger partial charge >= 0.3 is 0 Å². The SMILES string of the molecule is Cc1c(-c2ccccc2)c([P+](N)(N2CCOCC2)N2CCOCC2)c2ccccn12. The summed E-state index contributed by atoms with van der Waals surface area (Å²) in [6.07, 6.45) is 2.16. The first-order chi connectivity index (χ1) is 14.7. The Morgan fingerprint density at radius 3 is 1.97 bits per heavy atom. The highest BCUT2D eigenvalue weighted by molar-refractivity contribution is 7.77. The van der Waals surface area contributed by atoms with Crippen molar-refractivity contribution >= 4 is 18.5 Å². The smallest absolute Gasteiger partial charge is 0.260 e. The summed E-state index contributed by atoms with van der Waals surface area (Å²) in [5.74, 6) is 0. The predicted molar refractivity (Wildman–Crippen MR) is 123 cm³/mol. The number of aromatic nitrogens is 1. The van der Waals surface area contributed by atoms with Gasteiger partial charge in [-0.25, -0.2) is 0 Å². The Kier molecular flexibility index (Phi) is 5.63. The van der Waals surface area contributed by atoms with Gasteiger partial charge < -0.3 is 13.9 Å². The third-order valence-corrected chi connectivity index (χ3v) is 9.93. The Balaban J connectivity index is 1.79. The fourth-order valence-electron chi connectivity index (χ4n) is 4.81. The molecule has 0 saturated carbocycles. The fourth-order valence-corrected chi connectivity index (χ4v) is 8.42. The minimum Gasteiger partial charge on any atom is -0.378 e. The molecule has 2 aromatic heterocycles. The number of nitrogens with zero attached hydrogens (tertiary/aromatic N) is 3. The topological polar surface area (TPSA) is 55.4 Å². The van der Waals surface area contributed by atoms with Crippen molar-refractivity contribution in [3.63, 3.8) is 0 Å². The molecule has 30 heavy (non-hydrogen) atoms. The molecule has 0 bridgehead atoms. The number of benzene rings is 1. The van der Waals surface area contributed by atoms with Crippen molar-refractivity contribution in [3.8, 4) is 11.1 Å². The molecular formula is C23H30N4O2P+. The van der Waals surface area contributed by atoms with Crippen molar-refractivity contribution < 1.29 is 9.47 Å². The van der Waals surface area contributed by atoms with Gasteiger partial charge in [-0.3, -0.25) is 0 Å². The Hall–Kier alpha value is -1.79. The molecule has 3 aromatic rings. The summed E-state index contributed by atoms with van der Waals surface area (Å²) >= 11 is 0. The Morgan fingerprint density at radius 2 is 1.37 bits per heavy atom. The summed E-state index contributed by atoms with van der Waals surface area (Å²) in [5, 5.41) is 1.29. The van der Waals surface area contributed by atoms with Crippen LogP contribution in [0.25, 0.3) is 16.6 Å². The van der Waals surface area contributed by atoms with Gasteiger partial charge in [0.2, 0.25) is 0 Å². The molecule has 7 heteroatoms. The lowest BCUT2D eigenvalue weighted by atomic mass is 10.1. The first-order valence-corrected chi connectivity index (χ1v) is 12.5. The average molecular weight is 425 g/mol.